The summed E-state index contributed by atoms with van der Waals surface area (Å²) in [5, 5.41) is 0. The van der Waals surface area contributed by atoms with Gasteiger partial charge in [0, 0.05) is 16.5 Å². The Kier molecular flexibility index (Phi) is 5.39. The van der Waals surface area contributed by atoms with Crippen molar-refractivity contribution in [3.05, 3.63) is 34.9 Å². The van der Waals surface area contributed by atoms with E-state index in [1.54, 1.807) is 13.0 Å². The molecule has 90 valence electrons. The Bertz CT molecular complexity index is 350. The third-order valence-electron chi connectivity index (χ3n) is 2.68. The molecule has 0 radical (unpaired) electrons. The lowest BCUT2D eigenvalue weighted by molar-refractivity contribution is 0.559. The SMILES string of the molecule is CCCCCC(Br)c1cc(C)c(F)cc1F. The quantitative estimate of drug-likeness (QED) is 0.511. The normalized spacial score (nSPS) is 12.8. The zero-order valence-corrected chi connectivity index (χ0v) is 11.3. The van der Waals surface area contributed by atoms with E-state index in [0.717, 1.165) is 31.7 Å². The van der Waals surface area contributed by atoms with Crippen LogP contribution in [0.5, 0.6) is 0 Å². The van der Waals surface area contributed by atoms with Crippen molar-refractivity contribution < 1.29 is 8.78 Å². The van der Waals surface area contributed by atoms with Gasteiger partial charge in [0.05, 0.1) is 0 Å². The Hall–Kier alpha value is -0.440. The Balaban J connectivity index is 2.75. The lowest BCUT2D eigenvalue weighted by Crippen LogP contribution is -1.98. The first-order chi connectivity index (χ1) is 7.56. The summed E-state index contributed by atoms with van der Waals surface area (Å²) < 4.78 is 26.6. The Labute approximate surface area is 104 Å². The molecule has 0 aromatic heterocycles. The van der Waals surface area contributed by atoms with Gasteiger partial charge in [-0.1, -0.05) is 42.1 Å². The monoisotopic (exact) mass is 290 g/mol. The molecule has 1 atom stereocenters. The summed E-state index contributed by atoms with van der Waals surface area (Å²) in [4.78, 5) is -0.0154. The first-order valence-corrected chi connectivity index (χ1v) is 6.57. The van der Waals surface area contributed by atoms with Crippen LogP contribution in [-0.4, -0.2) is 0 Å². The third-order valence-corrected chi connectivity index (χ3v) is 3.63. The molecule has 1 aromatic rings. The number of aryl methyl sites for hydroxylation is 1. The predicted octanol–water partition coefficient (Wildman–Crippen LogP) is 5.29. The molecular weight excluding hydrogens is 274 g/mol. The molecule has 0 saturated heterocycles. The molecule has 0 fully saturated rings. The Morgan fingerprint density at radius 1 is 1.19 bits per heavy atom. The second-order valence-electron chi connectivity index (χ2n) is 4.09. The van der Waals surface area contributed by atoms with Gasteiger partial charge in [0.1, 0.15) is 11.6 Å². The molecule has 0 heterocycles. The largest absolute Gasteiger partial charge is 0.207 e. The number of hydrogen-bond acceptors (Lipinski definition) is 0. The van der Waals surface area contributed by atoms with Gasteiger partial charge in [-0.05, 0) is 25.0 Å². The van der Waals surface area contributed by atoms with Crippen LogP contribution in [0, 0.1) is 18.6 Å². The predicted molar refractivity (Wildman–Crippen MR) is 66.9 cm³/mol. The average molecular weight is 291 g/mol. The lowest BCUT2D eigenvalue weighted by Gasteiger charge is -2.12. The molecular formula is C13H17BrF2. The minimum Gasteiger partial charge on any atom is -0.207 e. The minimum absolute atomic E-state index is 0.0154. The van der Waals surface area contributed by atoms with E-state index in [2.05, 4.69) is 22.9 Å². The van der Waals surface area contributed by atoms with E-state index < -0.39 is 11.6 Å². The van der Waals surface area contributed by atoms with Crippen LogP contribution in [0.3, 0.4) is 0 Å². The first-order valence-electron chi connectivity index (χ1n) is 5.65. The maximum absolute atomic E-state index is 13.5. The van der Waals surface area contributed by atoms with E-state index in [9.17, 15) is 8.78 Å². The summed E-state index contributed by atoms with van der Waals surface area (Å²) in [7, 11) is 0. The first kappa shape index (κ1) is 13.6. The highest BCUT2D eigenvalue weighted by atomic mass is 79.9. The standard InChI is InChI=1S/C13H17BrF2/c1-3-4-5-6-11(14)10-7-9(2)12(15)8-13(10)16/h7-8,11H,3-6H2,1-2H3. The maximum atomic E-state index is 13.5. The van der Waals surface area contributed by atoms with Crippen LogP contribution in [0.1, 0.15) is 48.6 Å². The van der Waals surface area contributed by atoms with Gasteiger partial charge in [0.25, 0.3) is 0 Å². The van der Waals surface area contributed by atoms with Crippen molar-refractivity contribution in [2.45, 2.75) is 44.4 Å². The smallest absolute Gasteiger partial charge is 0.130 e. The summed E-state index contributed by atoms with van der Waals surface area (Å²) in [5.74, 6) is -0.934. The van der Waals surface area contributed by atoms with Crippen molar-refractivity contribution in [1.82, 2.24) is 0 Å². The molecule has 0 aliphatic rings. The zero-order chi connectivity index (χ0) is 12.1. The van der Waals surface area contributed by atoms with E-state index in [1.165, 1.54) is 0 Å². The van der Waals surface area contributed by atoms with Gasteiger partial charge in [-0.25, -0.2) is 8.78 Å². The second-order valence-corrected chi connectivity index (χ2v) is 5.19. The molecule has 0 amide bonds. The number of alkyl halides is 1. The van der Waals surface area contributed by atoms with Crippen molar-refractivity contribution in [1.29, 1.82) is 0 Å². The Morgan fingerprint density at radius 3 is 2.50 bits per heavy atom. The van der Waals surface area contributed by atoms with Crippen molar-refractivity contribution >= 4 is 15.9 Å². The topological polar surface area (TPSA) is 0 Å². The van der Waals surface area contributed by atoms with Gasteiger partial charge < -0.3 is 0 Å². The molecule has 0 saturated carbocycles. The number of benzene rings is 1. The van der Waals surface area contributed by atoms with Gasteiger partial charge in [0.2, 0.25) is 0 Å². The van der Waals surface area contributed by atoms with Crippen LogP contribution < -0.4 is 0 Å². The Morgan fingerprint density at radius 2 is 1.88 bits per heavy atom. The molecule has 0 aliphatic carbocycles. The van der Waals surface area contributed by atoms with Crippen molar-refractivity contribution in [2.24, 2.45) is 0 Å². The number of rotatable bonds is 5. The highest BCUT2D eigenvalue weighted by Crippen LogP contribution is 2.31. The van der Waals surface area contributed by atoms with Gasteiger partial charge in [-0.2, -0.15) is 0 Å². The maximum Gasteiger partial charge on any atom is 0.130 e. The molecule has 1 unspecified atom stereocenters. The molecule has 3 heteroatoms. The minimum atomic E-state index is -0.477. The summed E-state index contributed by atoms with van der Waals surface area (Å²) in [6.07, 6.45) is 4.23. The molecule has 1 aromatic carbocycles. The van der Waals surface area contributed by atoms with E-state index in [4.69, 9.17) is 0 Å². The fourth-order valence-corrected chi connectivity index (χ4v) is 2.32. The molecule has 0 aliphatic heterocycles. The zero-order valence-electron chi connectivity index (χ0n) is 9.69. The van der Waals surface area contributed by atoms with E-state index in [-0.39, 0.29) is 4.83 Å². The van der Waals surface area contributed by atoms with Crippen LogP contribution >= 0.6 is 15.9 Å². The van der Waals surface area contributed by atoms with Crippen LogP contribution in [-0.2, 0) is 0 Å². The van der Waals surface area contributed by atoms with Crippen molar-refractivity contribution in [3.63, 3.8) is 0 Å². The third kappa shape index (κ3) is 3.55. The summed E-state index contributed by atoms with van der Waals surface area (Å²) in [5.41, 5.74) is 1.06. The van der Waals surface area contributed by atoms with E-state index >= 15 is 0 Å². The van der Waals surface area contributed by atoms with E-state index in [1.807, 2.05) is 0 Å². The second kappa shape index (κ2) is 6.33. The van der Waals surface area contributed by atoms with Crippen LogP contribution in [0.4, 0.5) is 8.78 Å². The molecule has 0 bridgehead atoms. The van der Waals surface area contributed by atoms with Gasteiger partial charge in [-0.15, -0.1) is 0 Å². The number of hydrogen-bond donors (Lipinski definition) is 0. The van der Waals surface area contributed by atoms with Crippen molar-refractivity contribution in [3.8, 4) is 0 Å². The van der Waals surface area contributed by atoms with E-state index in [0.29, 0.717) is 11.1 Å². The van der Waals surface area contributed by atoms with Gasteiger partial charge in [0.15, 0.2) is 0 Å². The summed E-state index contributed by atoms with van der Waals surface area (Å²) in [6, 6.07) is 2.56. The van der Waals surface area contributed by atoms with Crippen LogP contribution in [0.2, 0.25) is 0 Å². The van der Waals surface area contributed by atoms with Gasteiger partial charge in [-0.3, -0.25) is 0 Å². The highest BCUT2D eigenvalue weighted by molar-refractivity contribution is 9.09. The fraction of sp³-hybridized carbons (Fsp3) is 0.538. The number of unbranched alkanes of at least 4 members (excludes halogenated alkanes) is 2. The van der Waals surface area contributed by atoms with Gasteiger partial charge >= 0.3 is 0 Å². The molecule has 16 heavy (non-hydrogen) atoms. The lowest BCUT2D eigenvalue weighted by atomic mass is 10.0. The molecule has 0 nitrogen and oxygen atoms in total. The number of halogens is 3. The van der Waals surface area contributed by atoms with Crippen LogP contribution in [0.25, 0.3) is 0 Å². The molecule has 0 N–H and O–H groups in total. The average Bonchev–Trinajstić information content (AvgIpc) is 2.23. The molecule has 0 spiro atoms. The van der Waals surface area contributed by atoms with Crippen molar-refractivity contribution in [2.75, 3.05) is 0 Å². The highest BCUT2D eigenvalue weighted by Gasteiger charge is 2.14. The molecule has 1 rings (SSSR count). The fourth-order valence-electron chi connectivity index (χ4n) is 1.65. The van der Waals surface area contributed by atoms with Crippen LogP contribution in [0.15, 0.2) is 12.1 Å². The summed E-state index contributed by atoms with van der Waals surface area (Å²) in [6.45, 7) is 3.79. The summed E-state index contributed by atoms with van der Waals surface area (Å²) >= 11 is 3.46.